The highest BCUT2D eigenvalue weighted by Gasteiger charge is 2.16. The number of amides is 1. The summed E-state index contributed by atoms with van der Waals surface area (Å²) in [5.74, 6) is -1.07. The molecule has 0 unspecified atom stereocenters. The summed E-state index contributed by atoms with van der Waals surface area (Å²) in [5.41, 5.74) is 3.63. The summed E-state index contributed by atoms with van der Waals surface area (Å²) in [6.07, 6.45) is 0.238. The first-order chi connectivity index (χ1) is 12.5. The van der Waals surface area contributed by atoms with Crippen molar-refractivity contribution < 1.29 is 14.7 Å². The smallest absolute Gasteiger partial charge is 0.345 e. The minimum Gasteiger partial charge on any atom is -0.477 e. The molecule has 0 radical (unpaired) electrons. The number of rotatable bonds is 6. The second kappa shape index (κ2) is 7.53. The lowest BCUT2D eigenvalue weighted by molar-refractivity contribution is -0.120. The van der Waals surface area contributed by atoms with Crippen molar-refractivity contribution in [2.75, 3.05) is 0 Å². The maximum Gasteiger partial charge on any atom is 0.345 e. The Kier molecular flexibility index (Phi) is 5.18. The molecule has 0 fully saturated rings. The van der Waals surface area contributed by atoms with Crippen molar-refractivity contribution in [3.05, 3.63) is 69.2 Å². The molecule has 6 nitrogen and oxygen atoms in total. The van der Waals surface area contributed by atoms with Crippen LogP contribution in [0.15, 0.2) is 42.5 Å². The number of carboxylic acids is 1. The fourth-order valence-corrected chi connectivity index (χ4v) is 3.53. The van der Waals surface area contributed by atoms with E-state index < -0.39 is 5.97 Å². The summed E-state index contributed by atoms with van der Waals surface area (Å²) in [7, 11) is 0. The van der Waals surface area contributed by atoms with Crippen molar-refractivity contribution in [1.82, 2.24) is 15.1 Å². The molecule has 0 saturated carbocycles. The highest BCUT2D eigenvalue weighted by molar-refractivity contribution is 7.13. The van der Waals surface area contributed by atoms with Gasteiger partial charge < -0.3 is 10.4 Å². The Bertz CT molecular complexity index is 944. The van der Waals surface area contributed by atoms with Crippen LogP contribution in [0.4, 0.5) is 0 Å². The number of thiophene rings is 1. The minimum atomic E-state index is -0.952. The number of carbonyl (C=O) groups excluding carboxylic acids is 1. The first-order valence-electron chi connectivity index (χ1n) is 8.15. The lowest BCUT2D eigenvalue weighted by Crippen LogP contribution is -2.24. The summed E-state index contributed by atoms with van der Waals surface area (Å²) in [4.78, 5) is 24.3. The number of para-hydroxylation sites is 1. The molecule has 0 saturated heterocycles. The molecule has 2 aromatic heterocycles. The third-order valence-electron chi connectivity index (χ3n) is 4.11. The highest BCUT2D eigenvalue weighted by atomic mass is 32.1. The standard InChI is InChI=1S/C19H19N3O3S/c1-12-16(13(2)22(21-12)14-6-4-3-5-7-14)10-18(23)20-11-15-8-9-17(26-15)19(24)25/h3-9H,10-11H2,1-2H3,(H,20,23)(H,24,25). The molecule has 0 aliphatic carbocycles. The zero-order chi connectivity index (χ0) is 18.7. The molecule has 0 aliphatic rings. The quantitative estimate of drug-likeness (QED) is 0.699. The van der Waals surface area contributed by atoms with E-state index in [2.05, 4.69) is 10.4 Å². The van der Waals surface area contributed by atoms with E-state index in [9.17, 15) is 9.59 Å². The minimum absolute atomic E-state index is 0.117. The SMILES string of the molecule is Cc1nn(-c2ccccc2)c(C)c1CC(=O)NCc1ccc(C(=O)O)s1. The predicted octanol–water partition coefficient (Wildman–Crippen LogP) is 3.11. The third-order valence-corrected chi connectivity index (χ3v) is 5.18. The molecule has 0 spiro atoms. The van der Waals surface area contributed by atoms with E-state index in [0.717, 1.165) is 27.5 Å². The van der Waals surface area contributed by atoms with E-state index in [1.165, 1.54) is 11.3 Å². The van der Waals surface area contributed by atoms with Gasteiger partial charge >= 0.3 is 5.97 Å². The second-order valence-corrected chi connectivity index (χ2v) is 7.09. The van der Waals surface area contributed by atoms with E-state index in [4.69, 9.17) is 5.11 Å². The van der Waals surface area contributed by atoms with Gasteiger partial charge in [0.05, 0.1) is 24.3 Å². The van der Waals surface area contributed by atoms with Crippen molar-refractivity contribution in [3.63, 3.8) is 0 Å². The zero-order valence-corrected chi connectivity index (χ0v) is 15.3. The average Bonchev–Trinajstić information content (AvgIpc) is 3.21. The largest absolute Gasteiger partial charge is 0.477 e. The van der Waals surface area contributed by atoms with Gasteiger partial charge in [-0.15, -0.1) is 11.3 Å². The summed E-state index contributed by atoms with van der Waals surface area (Å²) < 4.78 is 1.84. The first-order valence-corrected chi connectivity index (χ1v) is 8.96. The van der Waals surface area contributed by atoms with E-state index in [1.807, 2.05) is 48.9 Å². The molecular weight excluding hydrogens is 350 g/mol. The van der Waals surface area contributed by atoms with Gasteiger partial charge in [0.2, 0.25) is 5.91 Å². The van der Waals surface area contributed by atoms with Gasteiger partial charge in [0.15, 0.2) is 0 Å². The summed E-state index contributed by atoms with van der Waals surface area (Å²) in [5, 5.41) is 16.3. The number of aromatic carboxylic acids is 1. The maximum atomic E-state index is 12.3. The van der Waals surface area contributed by atoms with Crippen LogP contribution in [0.5, 0.6) is 0 Å². The van der Waals surface area contributed by atoms with Gasteiger partial charge in [-0.05, 0) is 38.1 Å². The normalized spacial score (nSPS) is 10.7. The van der Waals surface area contributed by atoms with E-state index >= 15 is 0 Å². The topological polar surface area (TPSA) is 84.2 Å². The molecule has 3 aromatic rings. The van der Waals surface area contributed by atoms with Gasteiger partial charge in [0, 0.05) is 16.1 Å². The molecule has 0 aliphatic heterocycles. The van der Waals surface area contributed by atoms with Crippen LogP contribution in [-0.2, 0) is 17.8 Å². The molecule has 26 heavy (non-hydrogen) atoms. The Hall–Kier alpha value is -2.93. The Morgan fingerprint density at radius 3 is 2.54 bits per heavy atom. The third kappa shape index (κ3) is 3.83. The molecule has 0 atom stereocenters. The van der Waals surface area contributed by atoms with Gasteiger partial charge in [0.25, 0.3) is 0 Å². The Morgan fingerprint density at radius 2 is 1.88 bits per heavy atom. The van der Waals surface area contributed by atoms with E-state index in [1.54, 1.807) is 12.1 Å². The number of aryl methyl sites for hydroxylation is 1. The van der Waals surface area contributed by atoms with Gasteiger partial charge in [-0.1, -0.05) is 18.2 Å². The molecule has 3 rings (SSSR count). The van der Waals surface area contributed by atoms with E-state index in [0.29, 0.717) is 6.54 Å². The van der Waals surface area contributed by atoms with Crippen LogP contribution >= 0.6 is 11.3 Å². The van der Waals surface area contributed by atoms with Crippen molar-refractivity contribution in [2.24, 2.45) is 0 Å². The van der Waals surface area contributed by atoms with Crippen LogP contribution in [0.3, 0.4) is 0 Å². The molecule has 134 valence electrons. The van der Waals surface area contributed by atoms with Crippen LogP contribution in [-0.4, -0.2) is 26.8 Å². The molecule has 2 N–H and O–H groups in total. The van der Waals surface area contributed by atoms with Crippen molar-refractivity contribution in [3.8, 4) is 5.69 Å². The fraction of sp³-hybridized carbons (Fsp3) is 0.211. The van der Waals surface area contributed by atoms with Crippen molar-refractivity contribution in [2.45, 2.75) is 26.8 Å². The summed E-state index contributed by atoms with van der Waals surface area (Å²) in [6.45, 7) is 4.17. The van der Waals surface area contributed by atoms with Gasteiger partial charge in [-0.25, -0.2) is 9.48 Å². The fourth-order valence-electron chi connectivity index (χ4n) is 2.75. The van der Waals surface area contributed by atoms with Gasteiger partial charge in [-0.3, -0.25) is 4.79 Å². The Labute approximate surface area is 155 Å². The van der Waals surface area contributed by atoms with E-state index in [-0.39, 0.29) is 17.2 Å². The lowest BCUT2D eigenvalue weighted by atomic mass is 10.1. The first kappa shape index (κ1) is 17.9. The van der Waals surface area contributed by atoms with Crippen LogP contribution in [0.25, 0.3) is 5.69 Å². The maximum absolute atomic E-state index is 12.3. The number of benzene rings is 1. The van der Waals surface area contributed by atoms with Gasteiger partial charge in [0.1, 0.15) is 4.88 Å². The van der Waals surface area contributed by atoms with Crippen LogP contribution in [0, 0.1) is 13.8 Å². The molecule has 0 bridgehead atoms. The number of carbonyl (C=O) groups is 2. The van der Waals surface area contributed by atoms with Crippen molar-refractivity contribution >= 4 is 23.2 Å². The summed E-state index contributed by atoms with van der Waals surface area (Å²) >= 11 is 1.17. The molecule has 1 amide bonds. The number of hydrogen-bond acceptors (Lipinski definition) is 4. The number of carboxylic acid groups (broad SMARTS) is 1. The molecule has 1 aromatic carbocycles. The van der Waals surface area contributed by atoms with Crippen LogP contribution in [0.1, 0.15) is 31.5 Å². The molecule has 7 heteroatoms. The van der Waals surface area contributed by atoms with Crippen molar-refractivity contribution in [1.29, 1.82) is 0 Å². The Morgan fingerprint density at radius 1 is 1.15 bits per heavy atom. The van der Waals surface area contributed by atoms with Crippen LogP contribution < -0.4 is 5.32 Å². The monoisotopic (exact) mass is 369 g/mol. The molecule has 2 heterocycles. The molecular formula is C19H19N3O3S. The second-order valence-electron chi connectivity index (χ2n) is 5.92. The zero-order valence-electron chi connectivity index (χ0n) is 14.5. The Balaban J connectivity index is 1.67. The lowest BCUT2D eigenvalue weighted by Gasteiger charge is -2.06. The number of aromatic nitrogens is 2. The highest BCUT2D eigenvalue weighted by Crippen LogP contribution is 2.19. The average molecular weight is 369 g/mol. The predicted molar refractivity (Wildman–Crippen MR) is 99.9 cm³/mol. The number of nitrogens with one attached hydrogen (secondary N) is 1. The number of nitrogens with zero attached hydrogens (tertiary/aromatic N) is 2. The van der Waals surface area contributed by atoms with Crippen LogP contribution in [0.2, 0.25) is 0 Å². The number of hydrogen-bond donors (Lipinski definition) is 2. The van der Waals surface area contributed by atoms with Gasteiger partial charge in [-0.2, -0.15) is 5.10 Å². The summed E-state index contributed by atoms with van der Waals surface area (Å²) in [6, 6.07) is 13.1.